The summed E-state index contributed by atoms with van der Waals surface area (Å²) in [5, 5.41) is 0.770. The fourth-order valence-corrected chi connectivity index (χ4v) is 0.512. The summed E-state index contributed by atoms with van der Waals surface area (Å²) in [5.74, 6) is 0. The van der Waals surface area contributed by atoms with E-state index < -0.39 is 0 Å². The highest BCUT2D eigenvalue weighted by Gasteiger charge is 2.01. The zero-order valence-corrected chi connectivity index (χ0v) is 5.65. The number of thiol groups is 2. The maximum absolute atomic E-state index is 4.75. The van der Waals surface area contributed by atoms with E-state index in [0.717, 1.165) is 0 Å². The molecule has 0 atom stereocenters. The van der Waals surface area contributed by atoms with Gasteiger partial charge in [-0.05, 0) is 0 Å². The Bertz CT molecular complexity index is 134. The molecule has 0 amide bonds. The minimum atomic E-state index is 0.385. The number of rotatable bonds is 0. The van der Waals surface area contributed by atoms with Crippen LogP contribution in [0.25, 0.3) is 0 Å². The van der Waals surface area contributed by atoms with Gasteiger partial charge in [-0.25, -0.2) is 0 Å². The molecule has 0 fully saturated rings. The van der Waals surface area contributed by atoms with Gasteiger partial charge in [0.2, 0.25) is 10.2 Å². The molecule has 1 heterocycles. The molecular weight excluding hydrogens is 144 g/mol. The van der Waals surface area contributed by atoms with Crippen molar-refractivity contribution in [3.63, 3.8) is 0 Å². The minimum Gasteiger partial charge on any atom is -0.451 e. The number of hydrogen-bond donors (Lipinski definition) is 2. The lowest BCUT2D eigenvalue weighted by atomic mass is 10.9. The first-order valence-electron chi connectivity index (χ1n) is 1.91. The summed E-state index contributed by atoms with van der Waals surface area (Å²) in [6.07, 6.45) is 2.78. The smallest absolute Gasteiger partial charge is 0.206 e. The molecule has 0 aromatic carbocycles. The molecule has 8 heavy (non-hydrogen) atoms. The summed E-state index contributed by atoms with van der Waals surface area (Å²) in [7, 11) is 0. The van der Waals surface area contributed by atoms with Crippen LogP contribution in [-0.2, 0) is 9.47 Å². The van der Waals surface area contributed by atoms with Gasteiger partial charge >= 0.3 is 0 Å². The van der Waals surface area contributed by atoms with Crippen molar-refractivity contribution in [3.05, 3.63) is 22.7 Å². The monoisotopic (exact) mass is 148 g/mol. The lowest BCUT2D eigenvalue weighted by Gasteiger charge is -2.07. The van der Waals surface area contributed by atoms with E-state index in [0.29, 0.717) is 10.2 Å². The minimum absolute atomic E-state index is 0.385. The van der Waals surface area contributed by atoms with E-state index in [1.54, 1.807) is 0 Å². The van der Waals surface area contributed by atoms with E-state index in [-0.39, 0.29) is 0 Å². The lowest BCUT2D eigenvalue weighted by Crippen LogP contribution is -1.88. The second kappa shape index (κ2) is 2.37. The first-order valence-corrected chi connectivity index (χ1v) is 2.80. The van der Waals surface area contributed by atoms with Gasteiger partial charge in [0.05, 0.1) is 0 Å². The molecule has 0 aliphatic carbocycles. The van der Waals surface area contributed by atoms with Crippen LogP contribution >= 0.6 is 25.3 Å². The summed E-state index contributed by atoms with van der Waals surface area (Å²) in [4.78, 5) is 0. The van der Waals surface area contributed by atoms with Crippen molar-refractivity contribution in [1.82, 2.24) is 0 Å². The molecule has 0 saturated heterocycles. The van der Waals surface area contributed by atoms with Gasteiger partial charge in [-0.3, -0.25) is 0 Å². The van der Waals surface area contributed by atoms with Crippen LogP contribution < -0.4 is 0 Å². The van der Waals surface area contributed by atoms with Gasteiger partial charge < -0.3 is 9.47 Å². The number of hydrogen-bond acceptors (Lipinski definition) is 4. The molecule has 0 radical (unpaired) electrons. The molecular formula is C4H4O2S2. The van der Waals surface area contributed by atoms with Gasteiger partial charge in [-0.15, -0.1) is 25.3 Å². The van der Waals surface area contributed by atoms with Crippen molar-refractivity contribution in [1.29, 1.82) is 0 Å². The Labute approximate surface area is 58.0 Å². The zero-order chi connectivity index (χ0) is 5.98. The Morgan fingerprint density at radius 2 is 1.38 bits per heavy atom. The molecule has 0 bridgehead atoms. The summed E-state index contributed by atoms with van der Waals surface area (Å²) in [6, 6.07) is 0. The predicted molar refractivity (Wildman–Crippen MR) is 36.3 cm³/mol. The highest BCUT2D eigenvalue weighted by Crippen LogP contribution is 2.19. The van der Waals surface area contributed by atoms with Gasteiger partial charge in [0.15, 0.2) is 0 Å². The van der Waals surface area contributed by atoms with Crippen LogP contribution in [0.4, 0.5) is 0 Å². The van der Waals surface area contributed by atoms with Gasteiger partial charge in [-0.1, -0.05) is 0 Å². The third kappa shape index (κ3) is 1.14. The molecule has 0 saturated carbocycles. The molecule has 1 aliphatic heterocycles. The topological polar surface area (TPSA) is 18.5 Å². The average molecular weight is 148 g/mol. The molecule has 44 valence electrons. The fourth-order valence-electron chi connectivity index (χ4n) is 0.285. The molecule has 2 nitrogen and oxygen atoms in total. The molecule has 0 N–H and O–H groups in total. The van der Waals surface area contributed by atoms with Crippen LogP contribution in [0.3, 0.4) is 0 Å². The van der Waals surface area contributed by atoms with Crippen molar-refractivity contribution in [2.75, 3.05) is 0 Å². The lowest BCUT2D eigenvalue weighted by molar-refractivity contribution is 0.273. The molecule has 0 aromatic heterocycles. The van der Waals surface area contributed by atoms with Crippen LogP contribution in [0, 0.1) is 0 Å². The van der Waals surface area contributed by atoms with Crippen molar-refractivity contribution in [2.45, 2.75) is 0 Å². The van der Waals surface area contributed by atoms with Gasteiger partial charge in [0, 0.05) is 0 Å². The van der Waals surface area contributed by atoms with E-state index in [1.165, 1.54) is 12.5 Å². The van der Waals surface area contributed by atoms with E-state index in [2.05, 4.69) is 25.3 Å². The van der Waals surface area contributed by atoms with Crippen LogP contribution in [0.15, 0.2) is 22.7 Å². The van der Waals surface area contributed by atoms with Crippen LogP contribution in [-0.4, -0.2) is 0 Å². The maximum atomic E-state index is 4.75. The van der Waals surface area contributed by atoms with E-state index in [4.69, 9.17) is 9.47 Å². The third-order valence-electron chi connectivity index (χ3n) is 0.598. The average Bonchev–Trinajstić information content (AvgIpc) is 1.77. The second-order valence-corrected chi connectivity index (χ2v) is 1.93. The number of ether oxygens (including phenoxy) is 2. The van der Waals surface area contributed by atoms with Crippen molar-refractivity contribution in [2.24, 2.45) is 0 Å². The molecule has 1 aliphatic rings. The van der Waals surface area contributed by atoms with E-state index in [1.807, 2.05) is 0 Å². The van der Waals surface area contributed by atoms with Crippen molar-refractivity contribution >= 4 is 25.3 Å². The molecule has 4 heteroatoms. The molecule has 0 unspecified atom stereocenters. The van der Waals surface area contributed by atoms with Crippen LogP contribution in [0.5, 0.6) is 0 Å². The summed E-state index contributed by atoms with van der Waals surface area (Å²) in [6.45, 7) is 0. The summed E-state index contributed by atoms with van der Waals surface area (Å²) in [5.41, 5.74) is 0. The van der Waals surface area contributed by atoms with Crippen LogP contribution in [0.2, 0.25) is 0 Å². The first-order chi connectivity index (χ1) is 3.80. The van der Waals surface area contributed by atoms with E-state index in [9.17, 15) is 0 Å². The normalized spacial score (nSPS) is 17.8. The van der Waals surface area contributed by atoms with E-state index >= 15 is 0 Å². The van der Waals surface area contributed by atoms with Crippen molar-refractivity contribution in [3.8, 4) is 0 Å². The van der Waals surface area contributed by atoms with Gasteiger partial charge in [-0.2, -0.15) is 0 Å². The predicted octanol–water partition coefficient (Wildman–Crippen LogP) is 1.49. The quantitative estimate of drug-likeness (QED) is 0.507. The Hall–Kier alpha value is -0.220. The molecule has 0 spiro atoms. The molecule has 0 aromatic rings. The first kappa shape index (κ1) is 5.91. The maximum Gasteiger partial charge on any atom is 0.206 e. The third-order valence-corrected chi connectivity index (χ3v) is 1.39. The van der Waals surface area contributed by atoms with Gasteiger partial charge in [0.25, 0.3) is 0 Å². The Morgan fingerprint density at radius 1 is 1.00 bits per heavy atom. The van der Waals surface area contributed by atoms with Crippen LogP contribution in [0.1, 0.15) is 0 Å². The Balaban J connectivity index is 2.67. The highest BCUT2D eigenvalue weighted by atomic mass is 32.1. The largest absolute Gasteiger partial charge is 0.451 e. The molecule has 1 rings (SSSR count). The van der Waals surface area contributed by atoms with Crippen molar-refractivity contribution < 1.29 is 9.47 Å². The highest BCUT2D eigenvalue weighted by molar-refractivity contribution is 7.88. The Kier molecular flexibility index (Phi) is 1.75. The summed E-state index contributed by atoms with van der Waals surface area (Å²) < 4.78 is 9.50. The van der Waals surface area contributed by atoms with Gasteiger partial charge in [0.1, 0.15) is 12.5 Å². The SMILES string of the molecule is SC1=C(S)OC=CO1. The second-order valence-electron chi connectivity index (χ2n) is 1.12. The zero-order valence-electron chi connectivity index (χ0n) is 3.87. The Morgan fingerprint density at radius 3 is 1.62 bits per heavy atom. The fraction of sp³-hybridized carbons (Fsp3) is 0. The standard InChI is InChI=1S/C4H4O2S2/c7-3-4(8)6-2-1-5-3/h1-2,7-8H. The summed E-state index contributed by atoms with van der Waals surface area (Å²) >= 11 is 7.72.